The lowest BCUT2D eigenvalue weighted by molar-refractivity contribution is -0.119. The number of carbonyl (C=O) groups is 2. The zero-order chi connectivity index (χ0) is 22.8. The first-order valence-electron chi connectivity index (χ1n) is 10.0. The third-order valence-electron chi connectivity index (χ3n) is 4.96. The van der Waals surface area contributed by atoms with Crippen molar-refractivity contribution in [2.75, 3.05) is 11.9 Å². The number of aryl methyl sites for hydroxylation is 1. The highest BCUT2D eigenvalue weighted by atomic mass is 35.5. The van der Waals surface area contributed by atoms with E-state index in [1.807, 2.05) is 18.2 Å². The molecule has 3 heterocycles. The second-order valence-electron chi connectivity index (χ2n) is 7.13. The molecule has 1 atom stereocenters. The molecule has 1 N–H and O–H groups in total. The quantitative estimate of drug-likeness (QED) is 0.444. The van der Waals surface area contributed by atoms with Gasteiger partial charge in [0.25, 0.3) is 0 Å². The summed E-state index contributed by atoms with van der Waals surface area (Å²) < 4.78 is 8.18. The predicted octanol–water partition coefficient (Wildman–Crippen LogP) is 3.93. The molecule has 4 rings (SSSR count). The number of ether oxygens (including phenoxy) is 1. The molecule has 32 heavy (non-hydrogen) atoms. The predicted molar refractivity (Wildman–Crippen MR) is 120 cm³/mol. The molecular formula is C22H21ClN6O3. The minimum atomic E-state index is -0.546. The summed E-state index contributed by atoms with van der Waals surface area (Å²) in [5.74, 6) is -0.707. The molecule has 164 valence electrons. The lowest BCUT2D eigenvalue weighted by Gasteiger charge is -2.13. The Bertz CT molecular complexity index is 1290. The Morgan fingerprint density at radius 1 is 1.28 bits per heavy atom. The summed E-state index contributed by atoms with van der Waals surface area (Å²) in [6.45, 7) is 5.53. The fourth-order valence-electron chi connectivity index (χ4n) is 3.24. The van der Waals surface area contributed by atoms with Gasteiger partial charge in [-0.1, -0.05) is 23.7 Å². The average Bonchev–Trinajstić information content (AvgIpc) is 3.36. The Morgan fingerprint density at radius 3 is 2.81 bits per heavy atom. The first kappa shape index (κ1) is 21.5. The molecule has 0 aliphatic rings. The molecule has 0 aliphatic heterocycles. The molecule has 0 spiro atoms. The summed E-state index contributed by atoms with van der Waals surface area (Å²) in [7, 11) is 0. The van der Waals surface area contributed by atoms with Crippen LogP contribution in [0.1, 0.15) is 35.9 Å². The van der Waals surface area contributed by atoms with Gasteiger partial charge in [-0.25, -0.2) is 14.3 Å². The minimum Gasteiger partial charge on any atom is -0.462 e. The van der Waals surface area contributed by atoms with Crippen LogP contribution in [0.4, 0.5) is 5.69 Å². The zero-order valence-corrected chi connectivity index (χ0v) is 18.5. The summed E-state index contributed by atoms with van der Waals surface area (Å²) in [5.41, 5.74) is 3.46. The number of carbonyl (C=O) groups excluding carboxylic acids is 2. The fourth-order valence-corrected chi connectivity index (χ4v) is 3.38. The third-order valence-corrected chi connectivity index (χ3v) is 5.33. The SMILES string of the molecule is CCOC(=O)c1cnn2c(-c3cccc(NC(=O)C(C)n4cc(Cl)c(C)n4)c3)ccnc12. The van der Waals surface area contributed by atoms with Gasteiger partial charge in [0, 0.05) is 23.6 Å². The van der Waals surface area contributed by atoms with Gasteiger partial charge in [-0.05, 0) is 39.0 Å². The van der Waals surface area contributed by atoms with E-state index >= 15 is 0 Å². The smallest absolute Gasteiger partial charge is 0.343 e. The van der Waals surface area contributed by atoms with Crippen molar-refractivity contribution in [2.24, 2.45) is 0 Å². The maximum Gasteiger partial charge on any atom is 0.343 e. The van der Waals surface area contributed by atoms with Gasteiger partial charge in [0.1, 0.15) is 11.6 Å². The van der Waals surface area contributed by atoms with Crippen LogP contribution < -0.4 is 5.32 Å². The van der Waals surface area contributed by atoms with Crippen molar-refractivity contribution in [2.45, 2.75) is 26.8 Å². The molecule has 0 saturated carbocycles. The number of rotatable bonds is 6. The monoisotopic (exact) mass is 452 g/mol. The average molecular weight is 453 g/mol. The zero-order valence-electron chi connectivity index (χ0n) is 17.7. The molecule has 0 bridgehead atoms. The summed E-state index contributed by atoms with van der Waals surface area (Å²) in [4.78, 5) is 29.2. The van der Waals surface area contributed by atoms with Crippen LogP contribution >= 0.6 is 11.6 Å². The summed E-state index contributed by atoms with van der Waals surface area (Å²) in [6.07, 6.45) is 4.67. The number of anilines is 1. The van der Waals surface area contributed by atoms with E-state index in [0.29, 0.717) is 33.3 Å². The van der Waals surface area contributed by atoms with Crippen molar-refractivity contribution in [3.8, 4) is 11.3 Å². The maximum absolute atomic E-state index is 12.7. The summed E-state index contributed by atoms with van der Waals surface area (Å²) in [6, 6.07) is 8.57. The molecule has 1 amide bonds. The van der Waals surface area contributed by atoms with E-state index in [2.05, 4.69) is 20.5 Å². The molecule has 1 aromatic carbocycles. The van der Waals surface area contributed by atoms with Gasteiger partial charge in [0.2, 0.25) is 5.91 Å². The van der Waals surface area contributed by atoms with Gasteiger partial charge in [-0.15, -0.1) is 0 Å². The Hall–Kier alpha value is -3.72. The highest BCUT2D eigenvalue weighted by molar-refractivity contribution is 6.31. The third kappa shape index (κ3) is 4.06. The molecule has 1 unspecified atom stereocenters. The second-order valence-corrected chi connectivity index (χ2v) is 7.54. The van der Waals surface area contributed by atoms with Gasteiger partial charge in [0.05, 0.1) is 29.2 Å². The summed E-state index contributed by atoms with van der Waals surface area (Å²) in [5, 5.41) is 12.0. The number of halogens is 1. The number of amides is 1. The van der Waals surface area contributed by atoms with Crippen molar-refractivity contribution in [3.05, 3.63) is 65.2 Å². The van der Waals surface area contributed by atoms with E-state index in [1.54, 1.807) is 49.8 Å². The number of nitrogens with one attached hydrogen (secondary N) is 1. The van der Waals surface area contributed by atoms with Crippen molar-refractivity contribution < 1.29 is 14.3 Å². The Morgan fingerprint density at radius 2 is 2.09 bits per heavy atom. The summed E-state index contributed by atoms with van der Waals surface area (Å²) >= 11 is 6.06. The van der Waals surface area contributed by atoms with Crippen molar-refractivity contribution >= 4 is 34.8 Å². The normalized spacial score (nSPS) is 12.0. The van der Waals surface area contributed by atoms with E-state index in [4.69, 9.17) is 16.3 Å². The number of benzene rings is 1. The Balaban J connectivity index is 1.61. The number of hydrogen-bond donors (Lipinski definition) is 1. The molecule has 0 radical (unpaired) electrons. The second kappa shape index (κ2) is 8.80. The highest BCUT2D eigenvalue weighted by Gasteiger charge is 2.19. The van der Waals surface area contributed by atoms with Crippen molar-refractivity contribution in [1.29, 1.82) is 0 Å². The largest absolute Gasteiger partial charge is 0.462 e. The van der Waals surface area contributed by atoms with Crippen LogP contribution in [0.25, 0.3) is 16.9 Å². The highest BCUT2D eigenvalue weighted by Crippen LogP contribution is 2.25. The molecular weight excluding hydrogens is 432 g/mol. The van der Waals surface area contributed by atoms with Crippen LogP contribution in [0.5, 0.6) is 0 Å². The lowest BCUT2D eigenvalue weighted by atomic mass is 10.1. The van der Waals surface area contributed by atoms with E-state index in [9.17, 15) is 9.59 Å². The van der Waals surface area contributed by atoms with Crippen LogP contribution in [0, 0.1) is 6.92 Å². The van der Waals surface area contributed by atoms with E-state index in [0.717, 1.165) is 5.56 Å². The number of esters is 1. The number of fused-ring (bicyclic) bond motifs is 1. The molecule has 0 saturated heterocycles. The Labute approximate surface area is 189 Å². The van der Waals surface area contributed by atoms with Crippen LogP contribution in [0.2, 0.25) is 5.02 Å². The van der Waals surface area contributed by atoms with Gasteiger partial charge in [0.15, 0.2) is 5.65 Å². The van der Waals surface area contributed by atoms with E-state index < -0.39 is 12.0 Å². The van der Waals surface area contributed by atoms with Crippen molar-refractivity contribution in [3.63, 3.8) is 0 Å². The molecule has 0 aliphatic carbocycles. The van der Waals surface area contributed by atoms with E-state index in [1.165, 1.54) is 10.9 Å². The first-order valence-corrected chi connectivity index (χ1v) is 10.4. The topological polar surface area (TPSA) is 103 Å². The number of hydrogen-bond acceptors (Lipinski definition) is 6. The fraction of sp³-hybridized carbons (Fsp3) is 0.227. The minimum absolute atomic E-state index is 0.232. The molecule has 10 heteroatoms. The molecule has 9 nitrogen and oxygen atoms in total. The van der Waals surface area contributed by atoms with Crippen LogP contribution in [0.3, 0.4) is 0 Å². The first-order chi connectivity index (χ1) is 15.4. The number of nitrogens with zero attached hydrogens (tertiary/aromatic N) is 5. The molecule has 3 aromatic heterocycles. The van der Waals surface area contributed by atoms with Gasteiger partial charge in [-0.3, -0.25) is 9.48 Å². The van der Waals surface area contributed by atoms with Gasteiger partial charge < -0.3 is 10.1 Å². The van der Waals surface area contributed by atoms with E-state index in [-0.39, 0.29) is 12.5 Å². The van der Waals surface area contributed by atoms with Gasteiger partial charge in [-0.2, -0.15) is 10.2 Å². The lowest BCUT2D eigenvalue weighted by Crippen LogP contribution is -2.24. The van der Waals surface area contributed by atoms with Crippen LogP contribution in [-0.2, 0) is 9.53 Å². The standard InChI is InChI=1S/C22H21ClN6O3/c1-4-32-22(31)17-11-25-29-19(8-9-24-20(17)29)15-6-5-7-16(10-15)26-21(30)14(3)28-12-18(23)13(2)27-28/h5-12,14H,4H2,1-3H3,(H,26,30). The number of aromatic nitrogens is 5. The van der Waals surface area contributed by atoms with Crippen LogP contribution in [-0.4, -0.2) is 42.9 Å². The van der Waals surface area contributed by atoms with Crippen molar-refractivity contribution in [1.82, 2.24) is 24.4 Å². The van der Waals surface area contributed by atoms with Crippen LogP contribution in [0.15, 0.2) is 48.9 Å². The van der Waals surface area contributed by atoms with Gasteiger partial charge >= 0.3 is 5.97 Å². The molecule has 4 aromatic rings. The maximum atomic E-state index is 12.7. The Kier molecular flexibility index (Phi) is 5.91. The molecule has 0 fully saturated rings.